The van der Waals surface area contributed by atoms with Crippen LogP contribution in [0.1, 0.15) is 56.8 Å². The monoisotopic (exact) mass is 492 g/mol. The number of halogens is 6. The summed E-state index contributed by atoms with van der Waals surface area (Å²) in [5, 5.41) is -0.0462. The molecule has 2 amide bonds. The molecule has 4 nitrogen and oxygen atoms in total. The van der Waals surface area contributed by atoms with E-state index >= 15 is 0 Å². The average Bonchev–Trinajstić information content (AvgIpc) is 3.04. The molecule has 10 heteroatoms. The van der Waals surface area contributed by atoms with Crippen LogP contribution in [0.4, 0.5) is 26.3 Å². The van der Waals surface area contributed by atoms with Gasteiger partial charge in [0.2, 0.25) is 0 Å². The van der Waals surface area contributed by atoms with Crippen LogP contribution >= 0.6 is 0 Å². The Balaban J connectivity index is 1.47. The van der Waals surface area contributed by atoms with Crippen molar-refractivity contribution >= 4 is 28.8 Å². The molecule has 0 radical (unpaired) electrons. The summed E-state index contributed by atoms with van der Waals surface area (Å²) in [6.45, 7) is 0.186. The minimum absolute atomic E-state index is 0.0335. The van der Waals surface area contributed by atoms with Crippen molar-refractivity contribution in [2.75, 3.05) is 6.54 Å². The third kappa shape index (κ3) is 4.91. The lowest BCUT2D eigenvalue weighted by atomic mass is 10.0. The van der Waals surface area contributed by atoms with Gasteiger partial charge in [0.25, 0.3) is 11.8 Å². The molecule has 0 aliphatic carbocycles. The first-order valence-electron chi connectivity index (χ1n) is 10.7. The van der Waals surface area contributed by atoms with Gasteiger partial charge < -0.3 is 0 Å². The second-order valence-electron chi connectivity index (χ2n) is 8.00. The Morgan fingerprint density at radius 3 is 2.09 bits per heavy atom. The third-order valence-electron chi connectivity index (χ3n) is 5.65. The molecule has 0 spiro atoms. The highest BCUT2D eigenvalue weighted by atomic mass is 19.4. The lowest BCUT2D eigenvalue weighted by Crippen LogP contribution is -2.30. The summed E-state index contributed by atoms with van der Waals surface area (Å²) in [4.78, 5) is 29.1. The standard InChI is InChI=1S/C25H18F6N2O2/c26-24(27,28)19-12-7-11-16-15(14-20(25(29,30)31)32-21(16)19)8-3-1-2-6-13-33-22(34)17-9-4-5-10-18(17)23(33)35/h3-5,7-12,14H,1-2,6,13H2/b8-3+. The van der Waals surface area contributed by atoms with Gasteiger partial charge in [-0.1, -0.05) is 36.4 Å². The number of imide groups is 1. The SMILES string of the molecule is O=C1c2ccccc2C(=O)N1CCCC/C=C/c1cc(C(F)(F)F)nc2c(C(F)(F)F)cccc12. The van der Waals surface area contributed by atoms with E-state index in [2.05, 4.69) is 4.98 Å². The van der Waals surface area contributed by atoms with Gasteiger partial charge in [-0.2, -0.15) is 26.3 Å². The van der Waals surface area contributed by atoms with Crippen molar-refractivity contribution < 1.29 is 35.9 Å². The van der Waals surface area contributed by atoms with E-state index in [9.17, 15) is 35.9 Å². The van der Waals surface area contributed by atoms with Crippen molar-refractivity contribution in [2.45, 2.75) is 31.6 Å². The van der Waals surface area contributed by atoms with Gasteiger partial charge in [-0.15, -0.1) is 0 Å². The Hall–Kier alpha value is -3.69. The zero-order valence-corrected chi connectivity index (χ0v) is 18.1. The van der Waals surface area contributed by atoms with Gasteiger partial charge in [0.05, 0.1) is 22.2 Å². The molecule has 1 aliphatic heterocycles. The number of pyridine rings is 1. The average molecular weight is 492 g/mol. The van der Waals surface area contributed by atoms with E-state index in [-0.39, 0.29) is 29.3 Å². The normalized spacial score (nSPS) is 14.4. The summed E-state index contributed by atoms with van der Waals surface area (Å²) < 4.78 is 79.9. The number of nitrogens with zero attached hydrogens (tertiary/aromatic N) is 2. The summed E-state index contributed by atoms with van der Waals surface area (Å²) in [5.74, 6) is -0.742. The maximum Gasteiger partial charge on any atom is 0.433 e. The summed E-state index contributed by atoms with van der Waals surface area (Å²) in [7, 11) is 0. The van der Waals surface area contributed by atoms with E-state index in [0.717, 1.165) is 17.0 Å². The maximum atomic E-state index is 13.3. The van der Waals surface area contributed by atoms with Crippen molar-refractivity contribution in [1.82, 2.24) is 9.88 Å². The van der Waals surface area contributed by atoms with Gasteiger partial charge in [-0.05, 0) is 49.1 Å². The number of aromatic nitrogens is 1. The van der Waals surface area contributed by atoms with Gasteiger partial charge in [-0.3, -0.25) is 14.5 Å². The number of carbonyl (C=O) groups is 2. The molecular weight excluding hydrogens is 474 g/mol. The minimum atomic E-state index is -4.91. The number of benzene rings is 2. The molecule has 0 saturated heterocycles. The predicted octanol–water partition coefficient (Wildman–Crippen LogP) is 6.75. The van der Waals surface area contributed by atoms with Gasteiger partial charge in [0.1, 0.15) is 5.69 Å². The molecule has 0 unspecified atom stereocenters. The number of alkyl halides is 6. The number of amides is 2. The summed E-state index contributed by atoms with van der Waals surface area (Å²) in [6.07, 6.45) is -5.54. The fourth-order valence-corrected chi connectivity index (χ4v) is 3.97. The van der Waals surface area contributed by atoms with Crippen LogP contribution in [0.5, 0.6) is 0 Å². The van der Waals surface area contributed by atoms with Crippen molar-refractivity contribution in [2.24, 2.45) is 0 Å². The van der Waals surface area contributed by atoms with Gasteiger partial charge in [0, 0.05) is 11.9 Å². The number of para-hydroxylation sites is 1. The van der Waals surface area contributed by atoms with E-state index in [1.165, 1.54) is 12.1 Å². The zero-order chi connectivity index (χ0) is 25.4. The molecule has 0 saturated carbocycles. The van der Waals surface area contributed by atoms with Crippen molar-refractivity contribution in [3.05, 3.63) is 82.6 Å². The van der Waals surface area contributed by atoms with Crippen molar-refractivity contribution in [1.29, 1.82) is 0 Å². The predicted molar refractivity (Wildman–Crippen MR) is 116 cm³/mol. The molecular formula is C25H18F6N2O2. The lowest BCUT2D eigenvalue weighted by Gasteiger charge is -2.14. The molecule has 2 heterocycles. The van der Waals surface area contributed by atoms with E-state index < -0.39 is 29.1 Å². The molecule has 2 aromatic carbocycles. The number of rotatable bonds is 6. The van der Waals surface area contributed by atoms with E-state index in [4.69, 9.17) is 0 Å². The molecule has 182 valence electrons. The Morgan fingerprint density at radius 1 is 0.829 bits per heavy atom. The molecule has 1 aliphatic rings. The highest BCUT2D eigenvalue weighted by Crippen LogP contribution is 2.38. The van der Waals surface area contributed by atoms with E-state index in [0.29, 0.717) is 36.5 Å². The molecule has 3 aromatic rings. The minimum Gasteiger partial charge on any atom is -0.274 e. The van der Waals surface area contributed by atoms with Gasteiger partial charge in [-0.25, -0.2) is 4.98 Å². The van der Waals surface area contributed by atoms with Crippen LogP contribution in [0.3, 0.4) is 0 Å². The molecule has 0 atom stereocenters. The number of fused-ring (bicyclic) bond motifs is 2. The quantitative estimate of drug-likeness (QED) is 0.217. The number of carbonyl (C=O) groups excluding carboxylic acids is 2. The van der Waals surface area contributed by atoms with Crippen molar-refractivity contribution in [3.8, 4) is 0 Å². The summed E-state index contributed by atoms with van der Waals surface area (Å²) in [6, 6.07) is 10.3. The van der Waals surface area contributed by atoms with Crippen LogP contribution in [-0.4, -0.2) is 28.2 Å². The fourth-order valence-electron chi connectivity index (χ4n) is 3.97. The first kappa shape index (κ1) is 24.4. The van der Waals surface area contributed by atoms with Crippen LogP contribution in [0, 0.1) is 0 Å². The molecule has 0 fully saturated rings. The fraction of sp³-hybridized carbons (Fsp3) is 0.240. The van der Waals surface area contributed by atoms with Crippen LogP contribution in [0.25, 0.3) is 17.0 Å². The van der Waals surface area contributed by atoms with Crippen LogP contribution < -0.4 is 0 Å². The van der Waals surface area contributed by atoms with Gasteiger partial charge in [0.15, 0.2) is 0 Å². The molecule has 35 heavy (non-hydrogen) atoms. The highest BCUT2D eigenvalue weighted by molar-refractivity contribution is 6.21. The zero-order valence-electron chi connectivity index (χ0n) is 18.1. The molecule has 4 rings (SSSR count). The molecule has 0 bridgehead atoms. The first-order valence-corrected chi connectivity index (χ1v) is 10.7. The van der Waals surface area contributed by atoms with Crippen LogP contribution in [0.15, 0.2) is 54.6 Å². The lowest BCUT2D eigenvalue weighted by molar-refractivity contribution is -0.142. The Kier molecular flexibility index (Phi) is 6.40. The number of hydrogen-bond donors (Lipinski definition) is 0. The topological polar surface area (TPSA) is 50.3 Å². The Labute approximate surface area is 195 Å². The first-order chi connectivity index (χ1) is 16.5. The van der Waals surface area contributed by atoms with Gasteiger partial charge >= 0.3 is 12.4 Å². The van der Waals surface area contributed by atoms with Crippen LogP contribution in [0.2, 0.25) is 0 Å². The Bertz CT molecular complexity index is 1290. The largest absolute Gasteiger partial charge is 0.433 e. The molecule has 1 aromatic heterocycles. The van der Waals surface area contributed by atoms with E-state index in [1.54, 1.807) is 30.3 Å². The second-order valence-corrected chi connectivity index (χ2v) is 8.00. The van der Waals surface area contributed by atoms with Crippen LogP contribution in [-0.2, 0) is 12.4 Å². The molecule has 0 N–H and O–H groups in total. The van der Waals surface area contributed by atoms with E-state index in [1.807, 2.05) is 0 Å². The number of unbranched alkanes of at least 4 members (excludes halogenated alkanes) is 2. The highest BCUT2D eigenvalue weighted by Gasteiger charge is 2.37. The summed E-state index contributed by atoms with van der Waals surface area (Å²) >= 11 is 0. The smallest absolute Gasteiger partial charge is 0.274 e. The second kappa shape index (κ2) is 9.16. The number of hydrogen-bond acceptors (Lipinski definition) is 3. The Morgan fingerprint density at radius 2 is 1.49 bits per heavy atom. The maximum absolute atomic E-state index is 13.3. The number of allylic oxidation sites excluding steroid dienone is 1. The van der Waals surface area contributed by atoms with Crippen molar-refractivity contribution in [3.63, 3.8) is 0 Å². The summed E-state index contributed by atoms with van der Waals surface area (Å²) in [5.41, 5.74) is -2.75. The third-order valence-corrected chi connectivity index (χ3v) is 5.65.